The van der Waals surface area contributed by atoms with Crippen LogP contribution in [0.1, 0.15) is 41.3 Å². The van der Waals surface area contributed by atoms with Crippen LogP contribution in [0, 0.1) is 12.8 Å². The summed E-state index contributed by atoms with van der Waals surface area (Å²) in [5.41, 5.74) is 5.23. The van der Waals surface area contributed by atoms with Crippen LogP contribution in [0.5, 0.6) is 0 Å². The number of nitrogens with zero attached hydrogens (tertiary/aromatic N) is 7. The third kappa shape index (κ3) is 7.07. The molecule has 2 atom stereocenters. The van der Waals surface area contributed by atoms with Gasteiger partial charge in [-0.2, -0.15) is 0 Å². The Hall–Kier alpha value is -4.67. The second kappa shape index (κ2) is 14.1. The summed E-state index contributed by atoms with van der Waals surface area (Å²) in [6.45, 7) is 9.52. The van der Waals surface area contributed by atoms with Crippen molar-refractivity contribution in [3.63, 3.8) is 0 Å². The minimum absolute atomic E-state index is 0.0580. The number of allylic oxidation sites excluding steroid dienone is 1. The number of thiazole rings is 1. The van der Waals surface area contributed by atoms with Gasteiger partial charge in [-0.1, -0.05) is 36.9 Å². The summed E-state index contributed by atoms with van der Waals surface area (Å²) in [5.74, 6) is 0.0648. The summed E-state index contributed by atoms with van der Waals surface area (Å²) in [6, 6.07) is 16.2. The SMILES string of the molecule is C=C=CCn1ccc2c(=O)n(CC3(O)CCN(C(=O)[C@@H]4CCN(Cc5cnc(-c6ccc(C)nc6)s5)C[C@H]4c4ccccc4)CC3)cnc21. The molecule has 6 heterocycles. The molecule has 49 heavy (non-hydrogen) atoms. The predicted octanol–water partition coefficient (Wildman–Crippen LogP) is 5.03. The van der Waals surface area contributed by atoms with Gasteiger partial charge >= 0.3 is 0 Å². The molecule has 0 bridgehead atoms. The summed E-state index contributed by atoms with van der Waals surface area (Å²) in [6.07, 6.45) is 10.5. The van der Waals surface area contributed by atoms with Crippen molar-refractivity contribution in [3.8, 4) is 10.6 Å². The average Bonchev–Trinajstić information content (AvgIpc) is 3.77. The van der Waals surface area contributed by atoms with Crippen molar-refractivity contribution in [2.45, 2.75) is 57.3 Å². The molecule has 2 saturated heterocycles. The first-order valence-corrected chi connectivity index (χ1v) is 17.7. The number of aromatic nitrogens is 5. The van der Waals surface area contributed by atoms with E-state index in [-0.39, 0.29) is 29.8 Å². The van der Waals surface area contributed by atoms with Gasteiger partial charge in [0.25, 0.3) is 5.56 Å². The molecule has 0 saturated carbocycles. The zero-order valence-corrected chi connectivity index (χ0v) is 28.6. The van der Waals surface area contributed by atoms with Gasteiger partial charge in [0, 0.05) is 79.3 Å². The maximum Gasteiger partial charge on any atom is 0.262 e. The second-order valence-corrected chi connectivity index (χ2v) is 14.4. The Morgan fingerprint density at radius 2 is 1.88 bits per heavy atom. The van der Waals surface area contributed by atoms with E-state index in [2.05, 4.69) is 50.4 Å². The molecule has 2 aliphatic rings. The summed E-state index contributed by atoms with van der Waals surface area (Å²) < 4.78 is 3.36. The van der Waals surface area contributed by atoms with Crippen molar-refractivity contribution in [3.05, 3.63) is 118 Å². The molecule has 1 amide bonds. The number of fused-ring (bicyclic) bond motifs is 1. The first kappa shape index (κ1) is 32.9. The number of carbonyl (C=O) groups is 1. The Morgan fingerprint density at radius 3 is 2.63 bits per heavy atom. The summed E-state index contributed by atoms with van der Waals surface area (Å²) in [5, 5.41) is 13.1. The Bertz CT molecular complexity index is 2040. The van der Waals surface area contributed by atoms with E-state index in [1.54, 1.807) is 23.5 Å². The molecule has 11 heteroatoms. The van der Waals surface area contributed by atoms with Gasteiger partial charge in [-0.3, -0.25) is 24.0 Å². The number of aliphatic hydroxyl groups is 1. The number of aryl methyl sites for hydroxylation is 1. The van der Waals surface area contributed by atoms with Gasteiger partial charge in [-0.05, 0) is 62.6 Å². The molecule has 2 aliphatic heterocycles. The fourth-order valence-electron chi connectivity index (χ4n) is 7.21. The molecule has 1 N–H and O–H groups in total. The first-order chi connectivity index (χ1) is 23.8. The third-order valence-electron chi connectivity index (χ3n) is 9.98. The van der Waals surface area contributed by atoms with Crippen LogP contribution in [0.3, 0.4) is 0 Å². The maximum absolute atomic E-state index is 14.2. The van der Waals surface area contributed by atoms with Crippen LogP contribution in [0.15, 0.2) is 96.6 Å². The number of benzene rings is 1. The lowest BCUT2D eigenvalue weighted by Gasteiger charge is -2.43. The predicted molar refractivity (Wildman–Crippen MR) is 191 cm³/mol. The Balaban J connectivity index is 1.01. The van der Waals surface area contributed by atoms with Crippen molar-refractivity contribution < 1.29 is 9.90 Å². The molecule has 2 fully saturated rings. The third-order valence-corrected chi connectivity index (χ3v) is 11.0. The minimum Gasteiger partial charge on any atom is -0.388 e. The second-order valence-electron chi connectivity index (χ2n) is 13.3. The van der Waals surface area contributed by atoms with Crippen LogP contribution in [0.2, 0.25) is 0 Å². The van der Waals surface area contributed by atoms with Gasteiger partial charge in [-0.25, -0.2) is 9.97 Å². The molecule has 0 unspecified atom stereocenters. The normalized spacial score (nSPS) is 19.5. The molecular formula is C38H41N7O3S. The van der Waals surface area contributed by atoms with E-state index < -0.39 is 5.60 Å². The van der Waals surface area contributed by atoms with E-state index >= 15 is 0 Å². The van der Waals surface area contributed by atoms with Crippen LogP contribution in [0.25, 0.3) is 21.6 Å². The Kier molecular flexibility index (Phi) is 9.42. The molecule has 7 rings (SSSR count). The molecule has 1 aromatic carbocycles. The number of hydrogen-bond acceptors (Lipinski definition) is 8. The summed E-state index contributed by atoms with van der Waals surface area (Å²) in [4.78, 5) is 46.6. The maximum atomic E-state index is 14.2. The Morgan fingerprint density at radius 1 is 1.06 bits per heavy atom. The lowest BCUT2D eigenvalue weighted by Crippen LogP contribution is -2.53. The van der Waals surface area contributed by atoms with E-state index in [1.165, 1.54) is 21.3 Å². The van der Waals surface area contributed by atoms with E-state index in [9.17, 15) is 14.7 Å². The molecule has 252 valence electrons. The number of pyridine rings is 1. The number of piperidine rings is 2. The molecule has 0 radical (unpaired) electrons. The van der Waals surface area contributed by atoms with Gasteiger partial charge in [0.2, 0.25) is 5.91 Å². The van der Waals surface area contributed by atoms with Crippen molar-refractivity contribution >= 4 is 28.3 Å². The molecule has 5 aromatic rings. The van der Waals surface area contributed by atoms with Crippen molar-refractivity contribution in [2.75, 3.05) is 26.2 Å². The highest BCUT2D eigenvalue weighted by atomic mass is 32.1. The van der Waals surface area contributed by atoms with Crippen LogP contribution in [-0.2, 0) is 24.4 Å². The first-order valence-electron chi connectivity index (χ1n) is 16.8. The fourth-order valence-corrected chi connectivity index (χ4v) is 8.15. The molecule has 10 nitrogen and oxygen atoms in total. The highest BCUT2D eigenvalue weighted by molar-refractivity contribution is 7.15. The standard InChI is InChI=1S/C38H41N7O3S/c1-3-4-16-43-18-13-32-34(43)41-26-45(37(32)47)25-38(48)14-19-44(20-15-38)36(46)31-12-17-42(24-33(31)28-8-6-5-7-9-28)23-30-22-40-35(49-30)29-11-10-27(2)39-21-29/h4-11,13,18,21-22,26,31,33,48H,1,12,14-17,19-20,23-25H2,2H3/t31-,33+/m1/s1. The smallest absolute Gasteiger partial charge is 0.262 e. The van der Waals surface area contributed by atoms with Gasteiger partial charge in [0.05, 0.1) is 17.5 Å². The monoisotopic (exact) mass is 675 g/mol. The molecule has 4 aromatic heterocycles. The van der Waals surface area contributed by atoms with Crippen LogP contribution >= 0.6 is 11.3 Å². The van der Waals surface area contributed by atoms with Crippen LogP contribution < -0.4 is 5.56 Å². The Labute approximate surface area is 289 Å². The zero-order valence-electron chi connectivity index (χ0n) is 27.7. The summed E-state index contributed by atoms with van der Waals surface area (Å²) in [7, 11) is 0. The van der Waals surface area contributed by atoms with Crippen molar-refractivity contribution in [1.82, 2.24) is 33.9 Å². The lowest BCUT2D eigenvalue weighted by atomic mass is 9.79. The van der Waals surface area contributed by atoms with E-state index in [0.29, 0.717) is 43.5 Å². The van der Waals surface area contributed by atoms with Crippen LogP contribution in [-0.4, -0.2) is 76.7 Å². The van der Waals surface area contributed by atoms with E-state index in [0.717, 1.165) is 42.3 Å². The number of hydrogen-bond donors (Lipinski definition) is 1. The highest BCUT2D eigenvalue weighted by Gasteiger charge is 2.41. The highest BCUT2D eigenvalue weighted by Crippen LogP contribution is 2.37. The van der Waals surface area contributed by atoms with E-state index in [4.69, 9.17) is 0 Å². The lowest BCUT2D eigenvalue weighted by molar-refractivity contribution is -0.142. The van der Waals surface area contributed by atoms with Crippen LogP contribution in [0.4, 0.5) is 0 Å². The molecular weight excluding hydrogens is 635 g/mol. The average molecular weight is 676 g/mol. The topological polar surface area (TPSA) is 109 Å². The van der Waals surface area contributed by atoms with Crippen molar-refractivity contribution in [1.29, 1.82) is 0 Å². The number of likely N-dealkylation sites (tertiary alicyclic amines) is 2. The molecule has 0 aliphatic carbocycles. The molecule has 0 spiro atoms. The number of amides is 1. The number of rotatable bonds is 9. The van der Waals surface area contributed by atoms with Gasteiger partial charge < -0.3 is 14.6 Å². The van der Waals surface area contributed by atoms with E-state index in [1.807, 2.05) is 59.2 Å². The van der Waals surface area contributed by atoms with Gasteiger partial charge in [0.1, 0.15) is 17.0 Å². The van der Waals surface area contributed by atoms with Gasteiger partial charge in [0.15, 0.2) is 0 Å². The summed E-state index contributed by atoms with van der Waals surface area (Å²) >= 11 is 1.69. The minimum atomic E-state index is -1.10. The quantitative estimate of drug-likeness (QED) is 0.219. The van der Waals surface area contributed by atoms with Gasteiger partial charge in [-0.15, -0.1) is 17.1 Å². The largest absolute Gasteiger partial charge is 0.388 e. The fraction of sp³-hybridized carbons (Fsp3) is 0.368. The van der Waals surface area contributed by atoms with Crippen molar-refractivity contribution in [2.24, 2.45) is 5.92 Å². The number of carbonyl (C=O) groups excluding carboxylic acids is 1. The zero-order chi connectivity index (χ0) is 34.0.